The number of halogens is 2. The van der Waals surface area contributed by atoms with Crippen LogP contribution in [-0.2, 0) is 24.6 Å². The summed E-state index contributed by atoms with van der Waals surface area (Å²) in [6.45, 7) is 2.41. The van der Waals surface area contributed by atoms with Gasteiger partial charge in [-0.1, -0.05) is 36.2 Å². The molecule has 1 aromatic carbocycles. The molecule has 1 aliphatic heterocycles. The molecule has 106 valence electrons. The van der Waals surface area contributed by atoms with Gasteiger partial charge < -0.3 is 4.74 Å². The molecular weight excluding hydrogens is 311 g/mol. The second kappa shape index (κ2) is 5.22. The fraction of sp³-hybridized carbons (Fsp3) is 0.500. The van der Waals surface area contributed by atoms with Gasteiger partial charge in [0.25, 0.3) is 10.1 Å². The number of hydrogen-bond acceptors (Lipinski definition) is 4. The lowest BCUT2D eigenvalue weighted by Gasteiger charge is -2.21. The Morgan fingerprint density at radius 3 is 2.58 bits per heavy atom. The Bertz CT molecular complexity index is 581. The first kappa shape index (κ1) is 15.1. The van der Waals surface area contributed by atoms with Crippen LogP contribution in [0.2, 0.25) is 10.0 Å². The third-order valence-corrected chi connectivity index (χ3v) is 4.28. The minimum Gasteiger partial charge on any atom is -0.364 e. The summed E-state index contributed by atoms with van der Waals surface area (Å²) in [4.78, 5) is 0. The third kappa shape index (κ3) is 3.41. The molecule has 1 aromatic rings. The second-order valence-corrected chi connectivity index (χ2v) is 7.18. The molecule has 0 spiro atoms. The van der Waals surface area contributed by atoms with Crippen LogP contribution in [0.25, 0.3) is 0 Å². The highest BCUT2D eigenvalue weighted by molar-refractivity contribution is 7.85. The Kier molecular flexibility index (Phi) is 4.14. The number of rotatable bonds is 5. The van der Waals surface area contributed by atoms with Crippen molar-refractivity contribution in [3.63, 3.8) is 0 Å². The van der Waals surface area contributed by atoms with Crippen LogP contribution in [0.4, 0.5) is 0 Å². The molecule has 1 fully saturated rings. The Morgan fingerprint density at radius 1 is 1.47 bits per heavy atom. The minimum atomic E-state index is -3.46. The van der Waals surface area contributed by atoms with E-state index in [1.54, 1.807) is 18.2 Å². The Hall–Kier alpha value is -0.330. The van der Waals surface area contributed by atoms with Gasteiger partial charge in [0, 0.05) is 21.5 Å². The molecule has 0 bridgehead atoms. The van der Waals surface area contributed by atoms with E-state index in [0.29, 0.717) is 16.7 Å². The predicted octanol–water partition coefficient (Wildman–Crippen LogP) is 2.83. The topological polar surface area (TPSA) is 55.9 Å². The van der Waals surface area contributed by atoms with Crippen LogP contribution in [0.1, 0.15) is 12.5 Å². The van der Waals surface area contributed by atoms with Gasteiger partial charge in [0.05, 0.1) is 19.5 Å². The number of epoxide rings is 1. The van der Waals surface area contributed by atoms with Crippen molar-refractivity contribution in [3.05, 3.63) is 33.8 Å². The van der Waals surface area contributed by atoms with Crippen LogP contribution in [-0.4, -0.2) is 27.9 Å². The molecule has 0 N–H and O–H groups in total. The highest BCUT2D eigenvalue weighted by Crippen LogP contribution is 2.48. The van der Waals surface area contributed by atoms with E-state index in [-0.39, 0.29) is 12.5 Å². The van der Waals surface area contributed by atoms with E-state index in [2.05, 4.69) is 0 Å². The zero-order valence-corrected chi connectivity index (χ0v) is 12.8. The Labute approximate surface area is 122 Å². The zero-order chi connectivity index (χ0) is 14.3. The van der Waals surface area contributed by atoms with E-state index in [1.165, 1.54) is 0 Å². The molecule has 0 unspecified atom stereocenters. The second-order valence-electron chi connectivity index (χ2n) is 4.69. The summed E-state index contributed by atoms with van der Waals surface area (Å²) < 4.78 is 32.4. The fourth-order valence-electron chi connectivity index (χ4n) is 1.98. The van der Waals surface area contributed by atoms with Crippen molar-refractivity contribution < 1.29 is 17.3 Å². The smallest absolute Gasteiger partial charge is 0.264 e. The number of ether oxygens (including phenoxy) is 1. The first-order valence-corrected chi connectivity index (χ1v) is 8.26. The van der Waals surface area contributed by atoms with Gasteiger partial charge in [-0.3, -0.25) is 4.18 Å². The number of benzene rings is 1. The quantitative estimate of drug-likeness (QED) is 0.617. The molecule has 1 heterocycles. The molecule has 0 radical (unpaired) electrons. The molecule has 4 nitrogen and oxygen atoms in total. The molecule has 1 aliphatic rings. The average molecular weight is 325 g/mol. The van der Waals surface area contributed by atoms with Crippen molar-refractivity contribution in [3.8, 4) is 0 Å². The molecule has 7 heteroatoms. The molecule has 0 amide bonds. The molecule has 2 atom stereocenters. The molecule has 19 heavy (non-hydrogen) atoms. The molecule has 2 rings (SSSR count). The zero-order valence-electron chi connectivity index (χ0n) is 10.5. The minimum absolute atomic E-state index is 0.0534. The van der Waals surface area contributed by atoms with Crippen LogP contribution >= 0.6 is 23.2 Å². The molecule has 0 aromatic heterocycles. The summed E-state index contributed by atoms with van der Waals surface area (Å²) in [5.74, 6) is -0.138. The van der Waals surface area contributed by atoms with Gasteiger partial charge >= 0.3 is 0 Å². The van der Waals surface area contributed by atoms with Gasteiger partial charge in [-0.25, -0.2) is 0 Å². The van der Waals surface area contributed by atoms with E-state index < -0.39 is 15.7 Å². The summed E-state index contributed by atoms with van der Waals surface area (Å²) >= 11 is 12.0. The molecule has 1 saturated heterocycles. The van der Waals surface area contributed by atoms with Crippen LogP contribution in [0.3, 0.4) is 0 Å². The summed E-state index contributed by atoms with van der Waals surface area (Å²) in [5, 5.41) is 1.06. The fourth-order valence-corrected chi connectivity index (χ4v) is 3.00. The molecule has 0 saturated carbocycles. The van der Waals surface area contributed by atoms with Crippen molar-refractivity contribution in [2.24, 2.45) is 5.92 Å². The Balaban J connectivity index is 2.18. The van der Waals surface area contributed by atoms with Crippen molar-refractivity contribution >= 4 is 33.3 Å². The van der Waals surface area contributed by atoms with Gasteiger partial charge in [-0.2, -0.15) is 8.42 Å². The van der Waals surface area contributed by atoms with Gasteiger partial charge in [0.15, 0.2) is 0 Å². The van der Waals surface area contributed by atoms with Crippen LogP contribution in [0, 0.1) is 5.92 Å². The van der Waals surface area contributed by atoms with E-state index in [4.69, 9.17) is 32.1 Å². The summed E-state index contributed by atoms with van der Waals surface area (Å²) in [5.41, 5.74) is 0.231. The summed E-state index contributed by atoms with van der Waals surface area (Å²) in [7, 11) is -3.46. The third-order valence-electron chi connectivity index (χ3n) is 3.17. The maximum atomic E-state index is 11.0. The van der Waals surface area contributed by atoms with Gasteiger partial charge in [-0.05, 0) is 12.1 Å². The van der Waals surface area contributed by atoms with Crippen molar-refractivity contribution in [1.29, 1.82) is 0 Å². The monoisotopic (exact) mass is 324 g/mol. The molecular formula is C12H14Cl2O4S. The molecule has 0 aliphatic carbocycles. The lowest BCUT2D eigenvalue weighted by Crippen LogP contribution is -2.25. The van der Waals surface area contributed by atoms with Gasteiger partial charge in [0.2, 0.25) is 0 Å². The predicted molar refractivity (Wildman–Crippen MR) is 74.1 cm³/mol. The highest BCUT2D eigenvalue weighted by Gasteiger charge is 2.52. The maximum Gasteiger partial charge on any atom is 0.264 e. The Morgan fingerprint density at radius 2 is 2.11 bits per heavy atom. The van der Waals surface area contributed by atoms with Crippen LogP contribution < -0.4 is 0 Å². The van der Waals surface area contributed by atoms with Crippen molar-refractivity contribution in [1.82, 2.24) is 0 Å². The highest BCUT2D eigenvalue weighted by atomic mass is 35.5. The SMILES string of the molecule is C[C@@H](COS(C)(=O)=O)[C@@]1(c2ccc(Cl)cc2Cl)CO1. The first-order chi connectivity index (χ1) is 8.74. The largest absolute Gasteiger partial charge is 0.364 e. The maximum absolute atomic E-state index is 11.0. The first-order valence-electron chi connectivity index (χ1n) is 5.68. The summed E-state index contributed by atoms with van der Waals surface area (Å²) in [6, 6.07) is 5.18. The lowest BCUT2D eigenvalue weighted by atomic mass is 9.88. The van der Waals surface area contributed by atoms with E-state index in [0.717, 1.165) is 11.8 Å². The standard InChI is InChI=1S/C12H14Cl2O4S/c1-8(6-18-19(2,15)16)12(7-17-12)10-4-3-9(13)5-11(10)14/h3-5,8H,6-7H2,1-2H3/t8-,12+/m0/s1. The van der Waals surface area contributed by atoms with Crippen molar-refractivity contribution in [2.75, 3.05) is 19.5 Å². The van der Waals surface area contributed by atoms with Gasteiger partial charge in [-0.15, -0.1) is 0 Å². The van der Waals surface area contributed by atoms with E-state index >= 15 is 0 Å². The normalized spacial score (nSPS) is 24.2. The van der Waals surface area contributed by atoms with Crippen LogP contribution in [0.5, 0.6) is 0 Å². The van der Waals surface area contributed by atoms with Crippen LogP contribution in [0.15, 0.2) is 18.2 Å². The summed E-state index contributed by atoms with van der Waals surface area (Å²) in [6.07, 6.45) is 1.02. The van der Waals surface area contributed by atoms with Gasteiger partial charge in [0.1, 0.15) is 5.60 Å². The van der Waals surface area contributed by atoms with Crippen molar-refractivity contribution in [2.45, 2.75) is 12.5 Å². The number of hydrogen-bond donors (Lipinski definition) is 0. The van der Waals surface area contributed by atoms with E-state index in [1.807, 2.05) is 6.92 Å². The average Bonchev–Trinajstić information content (AvgIpc) is 3.06. The lowest BCUT2D eigenvalue weighted by molar-refractivity contribution is 0.164. The van der Waals surface area contributed by atoms with E-state index in [9.17, 15) is 8.42 Å².